The second-order valence-electron chi connectivity index (χ2n) is 7.73. The summed E-state index contributed by atoms with van der Waals surface area (Å²) < 4.78 is 1.72. The molecule has 2 amide bonds. The molecule has 0 atom stereocenters. The molecule has 3 aromatic rings. The van der Waals surface area contributed by atoms with E-state index >= 15 is 0 Å². The number of hydrogen-bond donors (Lipinski definition) is 2. The Hall–Kier alpha value is -3.45. The van der Waals surface area contributed by atoms with E-state index < -0.39 is 0 Å². The smallest absolute Gasteiger partial charge is 0.226 e. The molecule has 31 heavy (non-hydrogen) atoms. The Labute approximate surface area is 183 Å². The summed E-state index contributed by atoms with van der Waals surface area (Å²) in [5.41, 5.74) is 3.72. The molecule has 1 heterocycles. The molecule has 0 aliphatic heterocycles. The summed E-state index contributed by atoms with van der Waals surface area (Å²) in [6, 6.07) is 19.6. The highest BCUT2D eigenvalue weighted by Crippen LogP contribution is 2.25. The lowest BCUT2D eigenvalue weighted by molar-refractivity contribution is -0.124. The molecule has 0 saturated heterocycles. The predicted molar refractivity (Wildman–Crippen MR) is 123 cm³/mol. The van der Waals surface area contributed by atoms with Gasteiger partial charge < -0.3 is 15.5 Å². The maximum atomic E-state index is 12.5. The van der Waals surface area contributed by atoms with Gasteiger partial charge in [0.15, 0.2) is 0 Å². The third kappa shape index (κ3) is 6.52. The van der Waals surface area contributed by atoms with Gasteiger partial charge in [-0.2, -0.15) is 5.10 Å². The van der Waals surface area contributed by atoms with Crippen LogP contribution < -0.4 is 10.6 Å². The number of benzene rings is 2. The van der Waals surface area contributed by atoms with Crippen molar-refractivity contribution in [1.29, 1.82) is 0 Å². The zero-order valence-electron chi connectivity index (χ0n) is 18.3. The molecule has 3 rings (SSSR count). The number of rotatable bonds is 9. The number of carbonyl (C=O) groups excluding carboxylic acids is 2. The number of nitrogens with one attached hydrogen (secondary N) is 2. The Morgan fingerprint density at radius 1 is 0.968 bits per heavy atom. The lowest BCUT2D eigenvalue weighted by atomic mass is 10.1. The van der Waals surface area contributed by atoms with Gasteiger partial charge in [0.25, 0.3) is 0 Å². The van der Waals surface area contributed by atoms with E-state index in [-0.39, 0.29) is 24.7 Å². The minimum atomic E-state index is -0.226. The Kier molecular flexibility index (Phi) is 7.56. The fourth-order valence-corrected chi connectivity index (χ4v) is 3.04. The van der Waals surface area contributed by atoms with E-state index in [9.17, 15) is 9.59 Å². The highest BCUT2D eigenvalue weighted by atomic mass is 16.2. The van der Waals surface area contributed by atoms with Crippen molar-refractivity contribution in [3.63, 3.8) is 0 Å². The molecular formula is C24H29N5O2. The lowest BCUT2D eigenvalue weighted by Crippen LogP contribution is -2.31. The van der Waals surface area contributed by atoms with Crippen molar-refractivity contribution in [3.8, 4) is 16.9 Å². The Morgan fingerprint density at radius 2 is 1.65 bits per heavy atom. The van der Waals surface area contributed by atoms with E-state index in [1.165, 1.54) is 0 Å². The Balaban J connectivity index is 1.71. The molecule has 0 aliphatic carbocycles. The SMILES string of the molecule is Cc1ccc(-n2nc(-c3ccccc3)cc2NC(=O)CCC(=O)NCCN(C)C)cc1. The van der Waals surface area contributed by atoms with Crippen LogP contribution in [0, 0.1) is 6.92 Å². The van der Waals surface area contributed by atoms with Gasteiger partial charge in [-0.15, -0.1) is 0 Å². The van der Waals surface area contributed by atoms with Crippen LogP contribution in [0.15, 0.2) is 60.7 Å². The van der Waals surface area contributed by atoms with E-state index in [0.717, 1.165) is 29.1 Å². The van der Waals surface area contributed by atoms with Crippen LogP contribution in [0.3, 0.4) is 0 Å². The average Bonchev–Trinajstić information content (AvgIpc) is 3.17. The first-order valence-corrected chi connectivity index (χ1v) is 10.4. The van der Waals surface area contributed by atoms with Gasteiger partial charge in [-0.1, -0.05) is 48.0 Å². The zero-order valence-corrected chi connectivity index (χ0v) is 18.3. The minimum Gasteiger partial charge on any atom is -0.355 e. The summed E-state index contributed by atoms with van der Waals surface area (Å²) in [7, 11) is 3.89. The lowest BCUT2D eigenvalue weighted by Gasteiger charge is -2.11. The van der Waals surface area contributed by atoms with Crippen molar-refractivity contribution < 1.29 is 9.59 Å². The van der Waals surface area contributed by atoms with E-state index in [4.69, 9.17) is 5.10 Å². The molecule has 0 radical (unpaired) electrons. The van der Waals surface area contributed by atoms with Crippen LogP contribution in [-0.4, -0.2) is 53.7 Å². The highest BCUT2D eigenvalue weighted by molar-refractivity contribution is 5.93. The summed E-state index contributed by atoms with van der Waals surface area (Å²) >= 11 is 0. The van der Waals surface area contributed by atoms with Crippen LogP contribution >= 0.6 is 0 Å². The molecule has 0 saturated carbocycles. The summed E-state index contributed by atoms with van der Waals surface area (Å²) in [6.45, 7) is 3.35. The summed E-state index contributed by atoms with van der Waals surface area (Å²) in [6.07, 6.45) is 0.247. The molecule has 0 fully saturated rings. The molecule has 0 aliphatic rings. The van der Waals surface area contributed by atoms with Gasteiger partial charge in [-0.3, -0.25) is 9.59 Å². The summed E-state index contributed by atoms with van der Waals surface area (Å²) in [5.74, 6) is 0.213. The maximum Gasteiger partial charge on any atom is 0.226 e. The topological polar surface area (TPSA) is 79.3 Å². The van der Waals surface area contributed by atoms with E-state index in [0.29, 0.717) is 12.4 Å². The first-order valence-electron chi connectivity index (χ1n) is 10.4. The van der Waals surface area contributed by atoms with Crippen molar-refractivity contribution in [2.24, 2.45) is 0 Å². The number of nitrogens with zero attached hydrogens (tertiary/aromatic N) is 3. The molecule has 162 valence electrons. The predicted octanol–water partition coefficient (Wildman–Crippen LogP) is 3.24. The number of likely N-dealkylation sites (N-methyl/N-ethyl adjacent to an activating group) is 1. The maximum absolute atomic E-state index is 12.5. The monoisotopic (exact) mass is 419 g/mol. The molecule has 1 aromatic heterocycles. The van der Waals surface area contributed by atoms with Crippen LogP contribution in [0.25, 0.3) is 16.9 Å². The fraction of sp³-hybridized carbons (Fsp3) is 0.292. The Bertz CT molecular complexity index is 1010. The third-order valence-corrected chi connectivity index (χ3v) is 4.79. The van der Waals surface area contributed by atoms with Crippen LogP contribution in [0.4, 0.5) is 5.82 Å². The molecule has 7 nitrogen and oxygen atoms in total. The van der Waals surface area contributed by atoms with E-state index in [1.807, 2.05) is 86.6 Å². The second kappa shape index (κ2) is 10.5. The van der Waals surface area contributed by atoms with Gasteiger partial charge in [0.2, 0.25) is 11.8 Å². The molecule has 7 heteroatoms. The van der Waals surface area contributed by atoms with Crippen LogP contribution in [0.1, 0.15) is 18.4 Å². The second-order valence-corrected chi connectivity index (χ2v) is 7.73. The standard InChI is InChI=1S/C24H29N5O2/c1-18-9-11-20(12-10-18)29-22(17-21(27-29)19-7-5-4-6-8-19)26-24(31)14-13-23(30)25-15-16-28(2)3/h4-12,17H,13-16H2,1-3H3,(H,25,30)(H,26,31). The number of aryl methyl sites for hydroxylation is 1. The van der Waals surface area contributed by atoms with Crippen molar-refractivity contribution >= 4 is 17.6 Å². The molecule has 2 aromatic carbocycles. The number of hydrogen-bond acceptors (Lipinski definition) is 4. The van der Waals surface area contributed by atoms with Crippen molar-refractivity contribution in [3.05, 3.63) is 66.2 Å². The first-order chi connectivity index (χ1) is 14.9. The summed E-state index contributed by atoms with van der Waals surface area (Å²) in [4.78, 5) is 26.5. The minimum absolute atomic E-state index is 0.105. The van der Waals surface area contributed by atoms with Crippen molar-refractivity contribution in [2.45, 2.75) is 19.8 Å². The van der Waals surface area contributed by atoms with Crippen molar-refractivity contribution in [1.82, 2.24) is 20.0 Å². The van der Waals surface area contributed by atoms with Crippen molar-refractivity contribution in [2.75, 3.05) is 32.5 Å². The van der Waals surface area contributed by atoms with Crippen LogP contribution in [0.2, 0.25) is 0 Å². The average molecular weight is 420 g/mol. The van der Waals surface area contributed by atoms with Crippen LogP contribution in [0.5, 0.6) is 0 Å². The van der Waals surface area contributed by atoms with Gasteiger partial charge in [0.05, 0.1) is 11.4 Å². The van der Waals surface area contributed by atoms with Gasteiger partial charge in [-0.25, -0.2) is 4.68 Å². The quantitative estimate of drug-likeness (QED) is 0.558. The number of carbonyl (C=O) groups is 2. The van der Waals surface area contributed by atoms with Gasteiger partial charge in [-0.05, 0) is 33.2 Å². The number of amides is 2. The van der Waals surface area contributed by atoms with Gasteiger partial charge >= 0.3 is 0 Å². The fourth-order valence-electron chi connectivity index (χ4n) is 3.04. The number of anilines is 1. The number of aromatic nitrogens is 2. The molecule has 2 N–H and O–H groups in total. The van der Waals surface area contributed by atoms with Crippen LogP contribution in [-0.2, 0) is 9.59 Å². The normalized spacial score (nSPS) is 10.8. The summed E-state index contributed by atoms with van der Waals surface area (Å²) in [5, 5.41) is 10.4. The molecule has 0 unspecified atom stereocenters. The third-order valence-electron chi connectivity index (χ3n) is 4.79. The van der Waals surface area contributed by atoms with Gasteiger partial charge in [0, 0.05) is 37.6 Å². The first kappa shape index (κ1) is 22.2. The Morgan fingerprint density at radius 3 is 2.32 bits per heavy atom. The molecular weight excluding hydrogens is 390 g/mol. The van der Waals surface area contributed by atoms with E-state index in [1.54, 1.807) is 4.68 Å². The van der Waals surface area contributed by atoms with Gasteiger partial charge in [0.1, 0.15) is 5.82 Å². The molecule has 0 spiro atoms. The van der Waals surface area contributed by atoms with E-state index in [2.05, 4.69) is 10.6 Å². The largest absolute Gasteiger partial charge is 0.355 e. The zero-order chi connectivity index (χ0) is 22.2. The highest BCUT2D eigenvalue weighted by Gasteiger charge is 2.14. The molecule has 0 bridgehead atoms.